The van der Waals surface area contributed by atoms with Crippen molar-refractivity contribution in [1.29, 1.82) is 5.26 Å². The summed E-state index contributed by atoms with van der Waals surface area (Å²) in [5.41, 5.74) is 0.810. The topological polar surface area (TPSA) is 114 Å². The molecular formula is C19H17N3O5. The summed E-state index contributed by atoms with van der Waals surface area (Å²) >= 11 is 0. The number of nitriles is 1. The third-order valence-electron chi connectivity index (χ3n) is 3.69. The molecule has 2 aromatic carbocycles. The number of ether oxygens (including phenoxy) is 2. The van der Waals surface area contributed by atoms with Crippen LogP contribution in [0.25, 0.3) is 6.08 Å². The maximum atomic E-state index is 12.3. The molecule has 0 aliphatic heterocycles. The lowest BCUT2D eigenvalue weighted by molar-refractivity contribution is -0.384. The van der Waals surface area contributed by atoms with Gasteiger partial charge in [0.1, 0.15) is 23.1 Å². The molecule has 0 unspecified atom stereocenters. The number of hydrogen-bond acceptors (Lipinski definition) is 6. The molecule has 0 aliphatic rings. The minimum absolute atomic E-state index is 0.121. The fourth-order valence-corrected chi connectivity index (χ4v) is 2.31. The Morgan fingerprint density at radius 3 is 2.67 bits per heavy atom. The van der Waals surface area contributed by atoms with Crippen molar-refractivity contribution in [2.24, 2.45) is 0 Å². The summed E-state index contributed by atoms with van der Waals surface area (Å²) in [5, 5.41) is 22.7. The van der Waals surface area contributed by atoms with Crippen LogP contribution in [0.1, 0.15) is 11.1 Å². The van der Waals surface area contributed by atoms with E-state index in [9.17, 15) is 20.2 Å². The number of benzene rings is 2. The summed E-state index contributed by atoms with van der Waals surface area (Å²) < 4.78 is 10.4. The van der Waals surface area contributed by atoms with Crippen molar-refractivity contribution in [3.8, 4) is 17.6 Å². The average molecular weight is 367 g/mol. The number of amides is 1. The second-order valence-corrected chi connectivity index (χ2v) is 5.38. The Balaban J connectivity index is 2.15. The molecule has 1 amide bonds. The second kappa shape index (κ2) is 9.01. The van der Waals surface area contributed by atoms with Crippen LogP contribution in [-0.2, 0) is 11.3 Å². The predicted octanol–water partition coefficient (Wildman–Crippen LogP) is 2.84. The van der Waals surface area contributed by atoms with Crippen LogP contribution in [-0.4, -0.2) is 25.1 Å². The van der Waals surface area contributed by atoms with E-state index in [4.69, 9.17) is 9.47 Å². The number of non-ortho nitro benzene ring substituents is 1. The third-order valence-corrected chi connectivity index (χ3v) is 3.69. The average Bonchev–Trinajstić information content (AvgIpc) is 2.70. The van der Waals surface area contributed by atoms with Gasteiger partial charge >= 0.3 is 0 Å². The fourth-order valence-electron chi connectivity index (χ4n) is 2.31. The van der Waals surface area contributed by atoms with Crippen LogP contribution < -0.4 is 14.8 Å². The van der Waals surface area contributed by atoms with Gasteiger partial charge in [0.25, 0.3) is 11.6 Å². The van der Waals surface area contributed by atoms with Gasteiger partial charge in [-0.3, -0.25) is 14.9 Å². The van der Waals surface area contributed by atoms with E-state index in [-0.39, 0.29) is 17.8 Å². The molecular weight excluding hydrogens is 350 g/mol. The summed E-state index contributed by atoms with van der Waals surface area (Å²) in [6, 6.07) is 12.7. The minimum atomic E-state index is -0.595. The maximum absolute atomic E-state index is 12.3. The van der Waals surface area contributed by atoms with E-state index in [1.54, 1.807) is 24.3 Å². The van der Waals surface area contributed by atoms with Crippen LogP contribution in [0.2, 0.25) is 0 Å². The van der Waals surface area contributed by atoms with Gasteiger partial charge in [0.15, 0.2) is 0 Å². The number of rotatable bonds is 7. The van der Waals surface area contributed by atoms with Gasteiger partial charge in [-0.25, -0.2) is 0 Å². The Bertz CT molecular complexity index is 931. The smallest absolute Gasteiger partial charge is 0.270 e. The van der Waals surface area contributed by atoms with Gasteiger partial charge in [-0.1, -0.05) is 12.1 Å². The van der Waals surface area contributed by atoms with Gasteiger partial charge in [-0.2, -0.15) is 5.26 Å². The van der Waals surface area contributed by atoms with Crippen molar-refractivity contribution in [3.63, 3.8) is 0 Å². The van der Waals surface area contributed by atoms with Crippen LogP contribution >= 0.6 is 0 Å². The molecule has 0 saturated heterocycles. The normalized spacial score (nSPS) is 10.6. The van der Waals surface area contributed by atoms with Crippen LogP contribution in [0.5, 0.6) is 11.5 Å². The number of carbonyl (C=O) groups excluding carboxylic acids is 1. The third kappa shape index (κ3) is 5.06. The maximum Gasteiger partial charge on any atom is 0.270 e. The van der Waals surface area contributed by atoms with E-state index < -0.39 is 10.8 Å². The Labute approximate surface area is 155 Å². The number of nitro groups is 1. The molecule has 8 nitrogen and oxygen atoms in total. The summed E-state index contributed by atoms with van der Waals surface area (Å²) in [7, 11) is 3.04. The number of nitrogens with one attached hydrogen (secondary N) is 1. The largest absolute Gasteiger partial charge is 0.497 e. The molecule has 1 N–H and O–H groups in total. The first kappa shape index (κ1) is 19.5. The molecule has 2 aromatic rings. The highest BCUT2D eigenvalue weighted by atomic mass is 16.6. The number of methoxy groups -OCH3 is 2. The molecule has 2 rings (SSSR count). The lowest BCUT2D eigenvalue weighted by atomic mass is 10.1. The monoisotopic (exact) mass is 367 g/mol. The Kier molecular flexibility index (Phi) is 6.49. The van der Waals surface area contributed by atoms with Crippen molar-refractivity contribution in [2.75, 3.05) is 14.2 Å². The van der Waals surface area contributed by atoms with Gasteiger partial charge in [-0.15, -0.1) is 0 Å². The zero-order chi connectivity index (χ0) is 19.8. The molecule has 0 saturated carbocycles. The molecule has 0 atom stereocenters. The Hall–Kier alpha value is -3.86. The molecule has 138 valence electrons. The van der Waals surface area contributed by atoms with Crippen LogP contribution in [0.4, 0.5) is 5.69 Å². The van der Waals surface area contributed by atoms with E-state index in [2.05, 4.69) is 5.32 Å². The van der Waals surface area contributed by atoms with Crippen molar-refractivity contribution in [3.05, 3.63) is 69.3 Å². The molecule has 0 bridgehead atoms. The molecule has 0 spiro atoms. The van der Waals surface area contributed by atoms with E-state index in [1.807, 2.05) is 6.07 Å². The first-order valence-electron chi connectivity index (χ1n) is 7.84. The van der Waals surface area contributed by atoms with Gasteiger partial charge in [0.2, 0.25) is 0 Å². The van der Waals surface area contributed by atoms with Crippen molar-refractivity contribution >= 4 is 17.7 Å². The summed E-state index contributed by atoms with van der Waals surface area (Å²) in [6.07, 6.45) is 1.30. The van der Waals surface area contributed by atoms with Gasteiger partial charge in [0, 0.05) is 30.3 Å². The molecule has 0 heterocycles. The number of nitrogens with zero attached hydrogens (tertiary/aromatic N) is 2. The zero-order valence-corrected chi connectivity index (χ0v) is 14.8. The summed E-state index contributed by atoms with van der Waals surface area (Å²) in [6.45, 7) is 0.139. The summed E-state index contributed by atoms with van der Waals surface area (Å²) in [5.74, 6) is 0.558. The minimum Gasteiger partial charge on any atom is -0.497 e. The predicted molar refractivity (Wildman–Crippen MR) is 98.1 cm³/mol. The highest BCUT2D eigenvalue weighted by Gasteiger charge is 2.12. The molecule has 27 heavy (non-hydrogen) atoms. The van der Waals surface area contributed by atoms with Crippen LogP contribution in [0.15, 0.2) is 48.0 Å². The van der Waals surface area contributed by atoms with E-state index in [0.717, 1.165) is 0 Å². The van der Waals surface area contributed by atoms with E-state index in [1.165, 1.54) is 38.5 Å². The van der Waals surface area contributed by atoms with Crippen molar-refractivity contribution < 1.29 is 19.2 Å². The van der Waals surface area contributed by atoms with Gasteiger partial charge < -0.3 is 14.8 Å². The zero-order valence-electron chi connectivity index (χ0n) is 14.8. The number of hydrogen-bond donors (Lipinski definition) is 1. The molecule has 0 fully saturated rings. The lowest BCUT2D eigenvalue weighted by Gasteiger charge is -2.11. The van der Waals surface area contributed by atoms with Gasteiger partial charge in [0.05, 0.1) is 19.1 Å². The molecule has 0 aliphatic carbocycles. The first-order valence-corrected chi connectivity index (χ1v) is 7.84. The molecule has 0 aromatic heterocycles. The Morgan fingerprint density at radius 1 is 1.26 bits per heavy atom. The van der Waals surface area contributed by atoms with Crippen molar-refractivity contribution in [2.45, 2.75) is 6.54 Å². The van der Waals surface area contributed by atoms with Crippen LogP contribution in [0, 0.1) is 21.4 Å². The Morgan fingerprint density at radius 2 is 2.04 bits per heavy atom. The second-order valence-electron chi connectivity index (χ2n) is 5.38. The number of nitro benzene ring substituents is 1. The molecule has 0 radical (unpaired) electrons. The standard InChI is InChI=1S/C19H17N3O5/c1-26-17-7-6-14(18(10-17)27-2)12-21-19(23)15(11-20)8-13-4-3-5-16(9-13)22(24)25/h3-10H,12H2,1-2H3,(H,21,23)/b15-8+. The quantitative estimate of drug-likeness (QED) is 0.348. The number of carbonyl (C=O) groups is 1. The fraction of sp³-hybridized carbons (Fsp3) is 0.158. The lowest BCUT2D eigenvalue weighted by Crippen LogP contribution is -2.24. The molecule has 8 heteroatoms. The SMILES string of the molecule is COc1ccc(CNC(=O)/C(C#N)=C/c2cccc([N+](=O)[O-])c2)c(OC)c1. The summed E-state index contributed by atoms with van der Waals surface area (Å²) in [4.78, 5) is 22.6. The first-order chi connectivity index (χ1) is 13.0. The van der Waals surface area contributed by atoms with E-state index in [0.29, 0.717) is 22.6 Å². The highest BCUT2D eigenvalue weighted by molar-refractivity contribution is 6.01. The highest BCUT2D eigenvalue weighted by Crippen LogP contribution is 2.24. The van der Waals surface area contributed by atoms with Crippen LogP contribution in [0.3, 0.4) is 0 Å². The van der Waals surface area contributed by atoms with Crippen molar-refractivity contribution in [1.82, 2.24) is 5.32 Å². The van der Waals surface area contributed by atoms with Gasteiger partial charge in [-0.05, 0) is 23.8 Å². The van der Waals surface area contributed by atoms with E-state index >= 15 is 0 Å².